The van der Waals surface area contributed by atoms with Crippen molar-refractivity contribution >= 4 is 15.6 Å². The van der Waals surface area contributed by atoms with E-state index in [1.54, 1.807) is 25.1 Å². The normalized spacial score (nSPS) is 24.4. The standard InChI is InChI=1S/C10H10O3S/c1-7-6-9(11)8-4-2-3-5-10(8)14(7,12)13/h2-5,7H,6H2,1H3. The molecule has 0 saturated heterocycles. The second kappa shape index (κ2) is 2.92. The maximum absolute atomic E-state index is 11.8. The lowest BCUT2D eigenvalue weighted by molar-refractivity contribution is 0.0976. The molecule has 0 bridgehead atoms. The van der Waals surface area contributed by atoms with E-state index in [1.165, 1.54) is 6.07 Å². The van der Waals surface area contributed by atoms with Crippen LogP contribution >= 0.6 is 0 Å². The first-order chi connectivity index (χ1) is 6.53. The molecule has 0 spiro atoms. The SMILES string of the molecule is CC1CC(=O)c2ccccc2S1(=O)=O. The Balaban J connectivity index is 2.76. The Morgan fingerprint density at radius 2 is 1.93 bits per heavy atom. The van der Waals surface area contributed by atoms with Crippen molar-refractivity contribution in [2.45, 2.75) is 23.5 Å². The number of hydrogen-bond donors (Lipinski definition) is 0. The minimum absolute atomic E-state index is 0.0806. The third kappa shape index (κ3) is 1.18. The van der Waals surface area contributed by atoms with Crippen molar-refractivity contribution < 1.29 is 13.2 Å². The Bertz CT molecular complexity index is 488. The summed E-state index contributed by atoms with van der Waals surface area (Å²) in [6, 6.07) is 6.39. The number of sulfone groups is 1. The highest BCUT2D eigenvalue weighted by Gasteiger charge is 2.34. The van der Waals surface area contributed by atoms with Crippen LogP contribution in [-0.2, 0) is 9.84 Å². The van der Waals surface area contributed by atoms with Gasteiger partial charge in [-0.15, -0.1) is 0 Å². The Hall–Kier alpha value is -1.16. The number of ketones is 1. The lowest BCUT2D eigenvalue weighted by Crippen LogP contribution is -2.28. The molecule has 0 saturated carbocycles. The van der Waals surface area contributed by atoms with Crippen molar-refractivity contribution in [3.8, 4) is 0 Å². The van der Waals surface area contributed by atoms with Crippen LogP contribution in [0.15, 0.2) is 29.2 Å². The second-order valence-corrected chi connectivity index (χ2v) is 5.81. The Kier molecular flexibility index (Phi) is 1.96. The predicted molar refractivity (Wildman–Crippen MR) is 52.0 cm³/mol. The minimum atomic E-state index is -3.27. The first kappa shape index (κ1) is 9.40. The summed E-state index contributed by atoms with van der Waals surface area (Å²) in [6.45, 7) is 1.57. The number of benzene rings is 1. The molecule has 0 aromatic heterocycles. The maximum Gasteiger partial charge on any atom is 0.182 e. The smallest absolute Gasteiger partial charge is 0.182 e. The Morgan fingerprint density at radius 3 is 2.64 bits per heavy atom. The molecular formula is C10H10O3S. The summed E-state index contributed by atoms with van der Waals surface area (Å²) in [4.78, 5) is 11.7. The van der Waals surface area contributed by atoms with Gasteiger partial charge in [0.25, 0.3) is 0 Å². The van der Waals surface area contributed by atoms with E-state index < -0.39 is 15.1 Å². The number of carbonyl (C=O) groups excluding carboxylic acids is 1. The van der Waals surface area contributed by atoms with Crippen LogP contribution in [0, 0.1) is 0 Å². The highest BCUT2D eigenvalue weighted by Crippen LogP contribution is 2.28. The molecular weight excluding hydrogens is 200 g/mol. The molecule has 14 heavy (non-hydrogen) atoms. The van der Waals surface area contributed by atoms with Gasteiger partial charge in [0.15, 0.2) is 15.6 Å². The van der Waals surface area contributed by atoms with Crippen LogP contribution in [0.5, 0.6) is 0 Å². The quantitative estimate of drug-likeness (QED) is 0.651. The van der Waals surface area contributed by atoms with Gasteiger partial charge in [0.05, 0.1) is 10.1 Å². The highest BCUT2D eigenvalue weighted by molar-refractivity contribution is 7.92. The summed E-state index contributed by atoms with van der Waals surface area (Å²) in [5.41, 5.74) is 0.339. The molecule has 1 atom stereocenters. The van der Waals surface area contributed by atoms with Crippen molar-refractivity contribution in [1.82, 2.24) is 0 Å². The zero-order valence-electron chi connectivity index (χ0n) is 7.73. The molecule has 74 valence electrons. The molecule has 0 fully saturated rings. The fourth-order valence-electron chi connectivity index (χ4n) is 1.64. The fraction of sp³-hybridized carbons (Fsp3) is 0.300. The number of fused-ring (bicyclic) bond motifs is 1. The van der Waals surface area contributed by atoms with Crippen molar-refractivity contribution in [1.29, 1.82) is 0 Å². The molecule has 1 aliphatic heterocycles. The maximum atomic E-state index is 11.8. The van der Waals surface area contributed by atoms with E-state index in [-0.39, 0.29) is 17.1 Å². The summed E-state index contributed by atoms with van der Waals surface area (Å²) < 4.78 is 23.6. The lowest BCUT2D eigenvalue weighted by atomic mass is 10.1. The van der Waals surface area contributed by atoms with E-state index >= 15 is 0 Å². The first-order valence-electron chi connectivity index (χ1n) is 4.39. The lowest BCUT2D eigenvalue weighted by Gasteiger charge is -2.20. The molecule has 1 aliphatic rings. The Morgan fingerprint density at radius 1 is 1.29 bits per heavy atom. The van der Waals surface area contributed by atoms with Crippen molar-refractivity contribution in [2.75, 3.05) is 0 Å². The highest BCUT2D eigenvalue weighted by atomic mass is 32.2. The first-order valence-corrected chi connectivity index (χ1v) is 5.94. The van der Waals surface area contributed by atoms with Crippen LogP contribution in [0.4, 0.5) is 0 Å². The topological polar surface area (TPSA) is 51.2 Å². The van der Waals surface area contributed by atoms with Crippen molar-refractivity contribution in [2.24, 2.45) is 0 Å². The third-order valence-corrected chi connectivity index (χ3v) is 4.69. The van der Waals surface area contributed by atoms with E-state index in [2.05, 4.69) is 0 Å². The van der Waals surface area contributed by atoms with E-state index in [0.29, 0.717) is 5.56 Å². The molecule has 2 rings (SSSR count). The molecule has 0 amide bonds. The predicted octanol–water partition coefficient (Wildman–Crippen LogP) is 1.44. The Labute approximate surface area is 82.7 Å². The van der Waals surface area contributed by atoms with Crippen molar-refractivity contribution in [3.63, 3.8) is 0 Å². The van der Waals surface area contributed by atoms with Gasteiger partial charge in [-0.1, -0.05) is 18.2 Å². The van der Waals surface area contributed by atoms with Gasteiger partial charge in [0, 0.05) is 12.0 Å². The number of rotatable bonds is 0. The molecule has 0 aliphatic carbocycles. The summed E-state index contributed by atoms with van der Waals surface area (Å²) in [5, 5.41) is -0.593. The van der Waals surface area contributed by atoms with Crippen LogP contribution in [0.3, 0.4) is 0 Å². The van der Waals surface area contributed by atoms with Crippen LogP contribution in [0.1, 0.15) is 23.7 Å². The van der Waals surface area contributed by atoms with Crippen LogP contribution in [-0.4, -0.2) is 19.5 Å². The zero-order valence-corrected chi connectivity index (χ0v) is 8.54. The van der Waals surface area contributed by atoms with Crippen molar-refractivity contribution in [3.05, 3.63) is 29.8 Å². The molecule has 1 unspecified atom stereocenters. The third-order valence-electron chi connectivity index (χ3n) is 2.50. The molecule has 1 aromatic rings. The summed E-state index contributed by atoms with van der Waals surface area (Å²) >= 11 is 0. The van der Waals surface area contributed by atoms with Gasteiger partial charge in [-0.2, -0.15) is 0 Å². The van der Waals surface area contributed by atoms with Gasteiger partial charge in [-0.3, -0.25) is 4.79 Å². The largest absolute Gasteiger partial charge is 0.294 e. The van der Waals surface area contributed by atoms with Crippen LogP contribution in [0.25, 0.3) is 0 Å². The summed E-state index contributed by atoms with van der Waals surface area (Å²) in [5.74, 6) is -0.0806. The van der Waals surface area contributed by atoms with Gasteiger partial charge < -0.3 is 0 Å². The molecule has 4 heteroatoms. The zero-order chi connectivity index (χ0) is 10.3. The van der Waals surface area contributed by atoms with E-state index in [4.69, 9.17) is 0 Å². The van der Waals surface area contributed by atoms with Crippen LogP contribution < -0.4 is 0 Å². The van der Waals surface area contributed by atoms with E-state index in [1.807, 2.05) is 0 Å². The average molecular weight is 210 g/mol. The van der Waals surface area contributed by atoms with E-state index in [0.717, 1.165) is 0 Å². The number of carbonyl (C=O) groups is 1. The monoisotopic (exact) mass is 210 g/mol. The van der Waals surface area contributed by atoms with Crippen LogP contribution in [0.2, 0.25) is 0 Å². The van der Waals surface area contributed by atoms with Gasteiger partial charge in [0.1, 0.15) is 0 Å². The van der Waals surface area contributed by atoms with Gasteiger partial charge in [-0.25, -0.2) is 8.42 Å². The fourth-order valence-corrected chi connectivity index (χ4v) is 3.20. The minimum Gasteiger partial charge on any atom is -0.294 e. The molecule has 0 N–H and O–H groups in total. The number of Topliss-reactive ketones (excluding diaryl/α,β-unsaturated/α-hetero) is 1. The molecule has 1 heterocycles. The van der Waals surface area contributed by atoms with Gasteiger partial charge in [0.2, 0.25) is 0 Å². The van der Waals surface area contributed by atoms with Gasteiger partial charge >= 0.3 is 0 Å². The molecule has 0 radical (unpaired) electrons. The van der Waals surface area contributed by atoms with E-state index in [9.17, 15) is 13.2 Å². The summed E-state index contributed by atoms with van der Waals surface area (Å²) in [7, 11) is -3.27. The molecule has 1 aromatic carbocycles. The number of hydrogen-bond acceptors (Lipinski definition) is 3. The second-order valence-electron chi connectivity index (χ2n) is 3.48. The molecule has 3 nitrogen and oxygen atoms in total. The summed E-state index contributed by atoms with van der Waals surface area (Å²) in [6.07, 6.45) is 0.0966. The van der Waals surface area contributed by atoms with Gasteiger partial charge in [-0.05, 0) is 13.0 Å². The average Bonchev–Trinajstić information content (AvgIpc) is 2.16.